The average molecular weight is 324 g/mol. The number of rotatable bonds is 9. The van der Waals surface area contributed by atoms with Gasteiger partial charge in [0.2, 0.25) is 11.8 Å². The second kappa shape index (κ2) is 9.55. The van der Waals surface area contributed by atoms with Crippen molar-refractivity contribution >= 4 is 17.8 Å². The number of hydrogen-bond donors (Lipinski definition) is 3. The van der Waals surface area contributed by atoms with Crippen LogP contribution in [-0.4, -0.2) is 29.4 Å². The maximum atomic E-state index is 12.9. The van der Waals surface area contributed by atoms with E-state index in [1.165, 1.54) is 24.3 Å². The third kappa shape index (κ3) is 7.39. The highest BCUT2D eigenvalue weighted by atomic mass is 19.1. The molecule has 1 atom stereocenters. The SMILES string of the molecule is CCCNC(=O)CCC(=O)NC(CC(=O)O)c1ccc(F)cc1. The molecule has 0 fully saturated rings. The fourth-order valence-corrected chi connectivity index (χ4v) is 1.97. The number of carboxylic acids is 1. The van der Waals surface area contributed by atoms with E-state index in [0.717, 1.165) is 6.42 Å². The number of benzene rings is 1. The zero-order chi connectivity index (χ0) is 17.2. The van der Waals surface area contributed by atoms with Crippen LogP contribution in [-0.2, 0) is 14.4 Å². The smallest absolute Gasteiger partial charge is 0.305 e. The summed E-state index contributed by atoms with van der Waals surface area (Å²) in [6.07, 6.45) is 0.491. The molecule has 0 radical (unpaired) electrons. The Labute approximate surface area is 134 Å². The lowest BCUT2D eigenvalue weighted by Gasteiger charge is -2.17. The molecule has 0 aromatic heterocycles. The van der Waals surface area contributed by atoms with E-state index in [1.807, 2.05) is 6.92 Å². The van der Waals surface area contributed by atoms with E-state index in [2.05, 4.69) is 10.6 Å². The lowest BCUT2D eigenvalue weighted by Crippen LogP contribution is -2.32. The molecule has 1 aromatic rings. The van der Waals surface area contributed by atoms with Crippen LogP contribution in [0, 0.1) is 5.82 Å². The first-order valence-electron chi connectivity index (χ1n) is 7.45. The van der Waals surface area contributed by atoms with Gasteiger partial charge in [-0.3, -0.25) is 14.4 Å². The largest absolute Gasteiger partial charge is 0.481 e. The third-order valence-electron chi connectivity index (χ3n) is 3.14. The van der Waals surface area contributed by atoms with Crippen molar-refractivity contribution in [3.05, 3.63) is 35.6 Å². The molecule has 0 aliphatic heterocycles. The predicted octanol–water partition coefficient (Wildman–Crippen LogP) is 1.76. The first kappa shape index (κ1) is 18.6. The molecule has 1 aromatic carbocycles. The molecule has 0 saturated heterocycles. The van der Waals surface area contributed by atoms with Gasteiger partial charge in [-0.15, -0.1) is 0 Å². The molecule has 0 saturated carbocycles. The van der Waals surface area contributed by atoms with E-state index >= 15 is 0 Å². The van der Waals surface area contributed by atoms with Crippen LogP contribution in [0.5, 0.6) is 0 Å². The molecular weight excluding hydrogens is 303 g/mol. The summed E-state index contributed by atoms with van der Waals surface area (Å²) >= 11 is 0. The average Bonchev–Trinajstić information content (AvgIpc) is 2.50. The molecule has 0 aliphatic carbocycles. The van der Waals surface area contributed by atoms with Gasteiger partial charge in [0.1, 0.15) is 5.82 Å². The summed E-state index contributed by atoms with van der Waals surface area (Å²) in [6.45, 7) is 2.48. The van der Waals surface area contributed by atoms with Crippen LogP contribution < -0.4 is 10.6 Å². The van der Waals surface area contributed by atoms with E-state index in [-0.39, 0.29) is 25.2 Å². The molecule has 0 aliphatic rings. The molecular formula is C16H21FN2O4. The van der Waals surface area contributed by atoms with Gasteiger partial charge in [-0.25, -0.2) is 4.39 Å². The Bertz CT molecular complexity index is 546. The Balaban J connectivity index is 2.59. The van der Waals surface area contributed by atoms with Gasteiger partial charge < -0.3 is 15.7 Å². The van der Waals surface area contributed by atoms with E-state index < -0.39 is 23.7 Å². The van der Waals surface area contributed by atoms with Gasteiger partial charge in [0, 0.05) is 19.4 Å². The number of halogens is 1. The molecule has 0 bridgehead atoms. The van der Waals surface area contributed by atoms with Gasteiger partial charge in [0.15, 0.2) is 0 Å². The van der Waals surface area contributed by atoms with Crippen LogP contribution in [0.15, 0.2) is 24.3 Å². The standard InChI is InChI=1S/C16H21FN2O4/c1-2-9-18-14(20)7-8-15(21)19-13(10-16(22)23)11-3-5-12(17)6-4-11/h3-6,13H,2,7-10H2,1H3,(H,18,20)(H,19,21)(H,22,23). The van der Waals surface area contributed by atoms with Crippen molar-refractivity contribution < 1.29 is 23.9 Å². The quantitative estimate of drug-likeness (QED) is 0.645. The van der Waals surface area contributed by atoms with Crippen molar-refractivity contribution in [1.82, 2.24) is 10.6 Å². The van der Waals surface area contributed by atoms with Crippen LogP contribution in [0.2, 0.25) is 0 Å². The van der Waals surface area contributed by atoms with Crippen LogP contribution >= 0.6 is 0 Å². The highest BCUT2D eigenvalue weighted by molar-refractivity contribution is 5.84. The first-order valence-corrected chi connectivity index (χ1v) is 7.45. The molecule has 1 rings (SSSR count). The maximum absolute atomic E-state index is 12.9. The van der Waals surface area contributed by atoms with Crippen molar-refractivity contribution in [3.8, 4) is 0 Å². The highest BCUT2D eigenvalue weighted by Gasteiger charge is 2.18. The maximum Gasteiger partial charge on any atom is 0.305 e. The second-order valence-corrected chi connectivity index (χ2v) is 5.12. The summed E-state index contributed by atoms with van der Waals surface area (Å²) in [7, 11) is 0. The monoisotopic (exact) mass is 324 g/mol. The summed E-state index contributed by atoms with van der Waals surface area (Å²) in [5, 5.41) is 14.2. The lowest BCUT2D eigenvalue weighted by atomic mass is 10.0. The van der Waals surface area contributed by atoms with Crippen LogP contribution in [0.1, 0.15) is 44.2 Å². The van der Waals surface area contributed by atoms with Crippen LogP contribution in [0.4, 0.5) is 4.39 Å². The number of carbonyl (C=O) groups is 3. The number of hydrogen-bond acceptors (Lipinski definition) is 3. The predicted molar refractivity (Wildman–Crippen MR) is 82.1 cm³/mol. The van der Waals surface area contributed by atoms with Crippen LogP contribution in [0.3, 0.4) is 0 Å². The van der Waals surface area contributed by atoms with E-state index in [1.54, 1.807) is 0 Å². The van der Waals surface area contributed by atoms with E-state index in [0.29, 0.717) is 12.1 Å². The summed E-state index contributed by atoms with van der Waals surface area (Å²) in [4.78, 5) is 34.3. The zero-order valence-electron chi connectivity index (χ0n) is 13.0. The zero-order valence-corrected chi connectivity index (χ0v) is 13.0. The van der Waals surface area contributed by atoms with Crippen molar-refractivity contribution in [2.75, 3.05) is 6.54 Å². The molecule has 3 N–H and O–H groups in total. The van der Waals surface area contributed by atoms with Crippen molar-refractivity contribution in [1.29, 1.82) is 0 Å². The molecule has 126 valence electrons. The Morgan fingerprint density at radius 1 is 1.13 bits per heavy atom. The number of carboxylic acid groups (broad SMARTS) is 1. The van der Waals surface area contributed by atoms with Gasteiger partial charge in [0.25, 0.3) is 0 Å². The fourth-order valence-electron chi connectivity index (χ4n) is 1.97. The summed E-state index contributed by atoms with van der Waals surface area (Å²) < 4.78 is 12.9. The minimum atomic E-state index is -1.08. The Hall–Kier alpha value is -2.44. The minimum Gasteiger partial charge on any atom is -0.481 e. The lowest BCUT2D eigenvalue weighted by molar-refractivity contribution is -0.138. The number of amides is 2. The normalized spacial score (nSPS) is 11.6. The molecule has 23 heavy (non-hydrogen) atoms. The van der Waals surface area contributed by atoms with Gasteiger partial charge in [-0.1, -0.05) is 19.1 Å². The number of carbonyl (C=O) groups excluding carboxylic acids is 2. The summed E-state index contributed by atoms with van der Waals surface area (Å²) in [5.74, 6) is -2.17. The van der Waals surface area contributed by atoms with Crippen molar-refractivity contribution in [3.63, 3.8) is 0 Å². The Morgan fingerprint density at radius 2 is 1.74 bits per heavy atom. The molecule has 7 heteroatoms. The van der Waals surface area contributed by atoms with E-state index in [4.69, 9.17) is 5.11 Å². The van der Waals surface area contributed by atoms with Gasteiger partial charge in [0.05, 0.1) is 12.5 Å². The third-order valence-corrected chi connectivity index (χ3v) is 3.14. The topological polar surface area (TPSA) is 95.5 Å². The molecule has 0 spiro atoms. The molecule has 0 heterocycles. The van der Waals surface area contributed by atoms with Crippen LogP contribution in [0.25, 0.3) is 0 Å². The van der Waals surface area contributed by atoms with Gasteiger partial charge in [-0.05, 0) is 24.1 Å². The molecule has 2 amide bonds. The summed E-state index contributed by atoms with van der Waals surface area (Å²) in [5.41, 5.74) is 0.498. The Morgan fingerprint density at radius 3 is 2.30 bits per heavy atom. The molecule has 6 nitrogen and oxygen atoms in total. The Kier molecular flexibility index (Phi) is 7.73. The minimum absolute atomic E-state index is 0.0349. The van der Waals surface area contributed by atoms with Crippen molar-refractivity contribution in [2.45, 2.75) is 38.6 Å². The molecule has 1 unspecified atom stereocenters. The van der Waals surface area contributed by atoms with Gasteiger partial charge in [-0.2, -0.15) is 0 Å². The van der Waals surface area contributed by atoms with E-state index in [9.17, 15) is 18.8 Å². The number of nitrogens with one attached hydrogen (secondary N) is 2. The second-order valence-electron chi connectivity index (χ2n) is 5.12. The van der Waals surface area contributed by atoms with Crippen molar-refractivity contribution in [2.24, 2.45) is 0 Å². The fraction of sp³-hybridized carbons (Fsp3) is 0.438. The highest BCUT2D eigenvalue weighted by Crippen LogP contribution is 2.17. The summed E-state index contributed by atoms with van der Waals surface area (Å²) in [6, 6.07) is 4.50. The first-order chi connectivity index (χ1) is 10.9. The van der Waals surface area contributed by atoms with Gasteiger partial charge >= 0.3 is 5.97 Å². The number of aliphatic carboxylic acids is 1.